The molecule has 1 saturated heterocycles. The smallest absolute Gasteiger partial charge is 0.345 e. The maximum absolute atomic E-state index is 13.1. The minimum Gasteiger partial charge on any atom is -0.345 e. The Kier molecular flexibility index (Phi) is 3.84. The molecular weight excluding hydrogens is 357 g/mol. The molecule has 3 aromatic rings. The number of halogens is 3. The van der Waals surface area contributed by atoms with Crippen molar-refractivity contribution in [2.24, 2.45) is 0 Å². The van der Waals surface area contributed by atoms with Gasteiger partial charge in [-0.15, -0.1) is 11.3 Å². The molecule has 0 amide bonds. The topological polar surface area (TPSA) is 32.3 Å². The van der Waals surface area contributed by atoms with Gasteiger partial charge in [-0.25, -0.2) is 9.97 Å². The van der Waals surface area contributed by atoms with Crippen molar-refractivity contribution in [3.8, 4) is 0 Å². The quantitative estimate of drug-likeness (QED) is 0.680. The summed E-state index contributed by atoms with van der Waals surface area (Å²) in [5.41, 5.74) is -0.615. The Bertz CT molecular complexity index is 836. The molecule has 1 aliphatic heterocycles. The van der Waals surface area contributed by atoms with E-state index in [0.29, 0.717) is 9.83 Å². The van der Waals surface area contributed by atoms with Crippen molar-refractivity contribution < 1.29 is 13.2 Å². The van der Waals surface area contributed by atoms with Gasteiger partial charge in [0.25, 0.3) is 0 Å². The molecule has 3 heterocycles. The summed E-state index contributed by atoms with van der Waals surface area (Å²) >= 11 is 2.91. The maximum Gasteiger partial charge on any atom is 0.418 e. The Morgan fingerprint density at radius 2 is 1.71 bits per heavy atom. The minimum atomic E-state index is -4.38. The van der Waals surface area contributed by atoms with Crippen LogP contribution in [0.4, 0.5) is 23.4 Å². The van der Waals surface area contributed by atoms with Gasteiger partial charge in [-0.1, -0.05) is 17.4 Å². The standard InChI is InChI=1S/C15H13F3N4S2/c16-15(17,18)10-2-1-3-11-12(10)20-14(24-11)22-7-5-21(6-8-22)13-19-4-9-23-13/h1-4,9H,5-8H2. The van der Waals surface area contributed by atoms with Gasteiger partial charge in [0, 0.05) is 37.8 Å². The molecule has 0 N–H and O–H groups in total. The zero-order valence-electron chi connectivity index (χ0n) is 12.5. The first-order valence-electron chi connectivity index (χ1n) is 7.38. The van der Waals surface area contributed by atoms with Crippen LogP contribution in [-0.2, 0) is 6.18 Å². The van der Waals surface area contributed by atoms with E-state index in [2.05, 4.69) is 19.8 Å². The van der Waals surface area contributed by atoms with Gasteiger partial charge in [0.2, 0.25) is 0 Å². The first kappa shape index (κ1) is 15.6. The number of hydrogen-bond acceptors (Lipinski definition) is 6. The Morgan fingerprint density at radius 1 is 1.00 bits per heavy atom. The van der Waals surface area contributed by atoms with Crippen LogP contribution in [0.15, 0.2) is 29.8 Å². The van der Waals surface area contributed by atoms with Crippen molar-refractivity contribution in [1.29, 1.82) is 0 Å². The summed E-state index contributed by atoms with van der Waals surface area (Å²) in [6.45, 7) is 3.02. The van der Waals surface area contributed by atoms with E-state index in [1.54, 1.807) is 23.6 Å². The van der Waals surface area contributed by atoms with Gasteiger partial charge in [-0.2, -0.15) is 13.2 Å². The normalized spacial score (nSPS) is 16.1. The molecule has 126 valence electrons. The summed E-state index contributed by atoms with van der Waals surface area (Å²) in [7, 11) is 0. The maximum atomic E-state index is 13.1. The van der Waals surface area contributed by atoms with Crippen LogP contribution in [0.1, 0.15) is 5.56 Å². The first-order valence-corrected chi connectivity index (χ1v) is 9.08. The molecule has 2 aromatic heterocycles. The van der Waals surface area contributed by atoms with Gasteiger partial charge < -0.3 is 9.80 Å². The molecule has 0 saturated carbocycles. The van der Waals surface area contributed by atoms with E-state index in [1.807, 2.05) is 5.38 Å². The SMILES string of the molecule is FC(F)(F)c1cccc2sc(N3CCN(c4nccs4)CC3)nc12. The Morgan fingerprint density at radius 3 is 2.33 bits per heavy atom. The highest BCUT2D eigenvalue weighted by atomic mass is 32.1. The number of benzene rings is 1. The number of aromatic nitrogens is 2. The van der Waals surface area contributed by atoms with Gasteiger partial charge in [0.15, 0.2) is 10.3 Å². The predicted molar refractivity (Wildman–Crippen MR) is 91.2 cm³/mol. The van der Waals surface area contributed by atoms with Crippen LogP contribution in [0.3, 0.4) is 0 Å². The Labute approximate surface area is 144 Å². The van der Waals surface area contributed by atoms with Crippen LogP contribution in [0.5, 0.6) is 0 Å². The largest absolute Gasteiger partial charge is 0.418 e. The molecule has 0 aliphatic carbocycles. The average Bonchev–Trinajstić information content (AvgIpc) is 3.23. The second-order valence-corrected chi connectivity index (χ2v) is 7.32. The number of thiazole rings is 2. The van der Waals surface area contributed by atoms with E-state index in [0.717, 1.165) is 37.4 Å². The van der Waals surface area contributed by atoms with Gasteiger partial charge in [0.1, 0.15) is 0 Å². The third kappa shape index (κ3) is 2.82. The molecule has 1 aromatic carbocycles. The van der Waals surface area contributed by atoms with E-state index >= 15 is 0 Å². The Hall–Kier alpha value is -1.87. The Balaban J connectivity index is 1.57. The number of rotatable bonds is 2. The van der Waals surface area contributed by atoms with Gasteiger partial charge in [0.05, 0.1) is 15.8 Å². The summed E-state index contributed by atoms with van der Waals surface area (Å²) < 4.78 is 39.9. The third-order valence-corrected chi connectivity index (χ3v) is 5.87. The summed E-state index contributed by atoms with van der Waals surface area (Å²) in [4.78, 5) is 12.8. The van der Waals surface area contributed by atoms with E-state index in [-0.39, 0.29) is 5.52 Å². The molecule has 0 unspecified atom stereocenters. The highest BCUT2D eigenvalue weighted by molar-refractivity contribution is 7.22. The van der Waals surface area contributed by atoms with Gasteiger partial charge >= 0.3 is 6.18 Å². The molecule has 4 rings (SSSR count). The third-order valence-electron chi connectivity index (χ3n) is 3.95. The zero-order valence-corrected chi connectivity index (χ0v) is 14.1. The molecule has 0 atom stereocenters. The van der Waals surface area contributed by atoms with Crippen LogP contribution in [0.25, 0.3) is 10.2 Å². The number of fused-ring (bicyclic) bond motifs is 1. The second kappa shape index (κ2) is 5.89. The lowest BCUT2D eigenvalue weighted by atomic mass is 10.2. The van der Waals surface area contributed by atoms with E-state index in [4.69, 9.17) is 0 Å². The fraction of sp³-hybridized carbons (Fsp3) is 0.333. The molecule has 1 fully saturated rings. The zero-order chi connectivity index (χ0) is 16.7. The van der Waals surface area contributed by atoms with Crippen LogP contribution in [0.2, 0.25) is 0 Å². The molecule has 1 aliphatic rings. The fourth-order valence-corrected chi connectivity index (χ4v) is 4.50. The summed E-state index contributed by atoms with van der Waals surface area (Å²) in [6.07, 6.45) is -2.60. The number of hydrogen-bond donors (Lipinski definition) is 0. The number of piperazine rings is 1. The van der Waals surface area contributed by atoms with E-state index in [9.17, 15) is 13.2 Å². The van der Waals surface area contributed by atoms with E-state index in [1.165, 1.54) is 17.4 Å². The number of anilines is 2. The van der Waals surface area contributed by atoms with Crippen LogP contribution in [0, 0.1) is 0 Å². The number of para-hydroxylation sites is 1. The van der Waals surface area contributed by atoms with Crippen LogP contribution in [-0.4, -0.2) is 36.1 Å². The highest BCUT2D eigenvalue weighted by Gasteiger charge is 2.34. The predicted octanol–water partition coefficient (Wildman–Crippen LogP) is 4.10. The second-order valence-electron chi connectivity index (χ2n) is 5.44. The number of alkyl halides is 3. The summed E-state index contributed by atoms with van der Waals surface area (Å²) in [6, 6.07) is 4.22. The molecular formula is C15H13F3N4S2. The number of nitrogens with zero attached hydrogens (tertiary/aromatic N) is 4. The molecule has 0 spiro atoms. The molecule has 24 heavy (non-hydrogen) atoms. The molecule has 0 bridgehead atoms. The van der Waals surface area contributed by atoms with Crippen molar-refractivity contribution in [3.63, 3.8) is 0 Å². The highest BCUT2D eigenvalue weighted by Crippen LogP contribution is 2.38. The van der Waals surface area contributed by atoms with Gasteiger partial charge in [-0.05, 0) is 12.1 Å². The van der Waals surface area contributed by atoms with Crippen molar-refractivity contribution in [1.82, 2.24) is 9.97 Å². The summed E-state index contributed by atoms with van der Waals surface area (Å²) in [5.74, 6) is 0. The van der Waals surface area contributed by atoms with Crippen molar-refractivity contribution in [2.45, 2.75) is 6.18 Å². The lowest BCUT2D eigenvalue weighted by Crippen LogP contribution is -2.46. The van der Waals surface area contributed by atoms with Crippen molar-refractivity contribution in [2.75, 3.05) is 36.0 Å². The van der Waals surface area contributed by atoms with Gasteiger partial charge in [-0.3, -0.25) is 0 Å². The lowest BCUT2D eigenvalue weighted by Gasteiger charge is -2.34. The monoisotopic (exact) mass is 370 g/mol. The lowest BCUT2D eigenvalue weighted by molar-refractivity contribution is -0.136. The van der Waals surface area contributed by atoms with Crippen molar-refractivity contribution in [3.05, 3.63) is 35.3 Å². The van der Waals surface area contributed by atoms with E-state index < -0.39 is 11.7 Å². The summed E-state index contributed by atoms with van der Waals surface area (Å²) in [5, 5.41) is 3.58. The minimum absolute atomic E-state index is 0.0485. The van der Waals surface area contributed by atoms with Crippen LogP contribution >= 0.6 is 22.7 Å². The fourth-order valence-electron chi connectivity index (χ4n) is 2.76. The van der Waals surface area contributed by atoms with Crippen LogP contribution < -0.4 is 9.80 Å². The first-order chi connectivity index (χ1) is 11.5. The molecule has 4 nitrogen and oxygen atoms in total. The molecule has 0 radical (unpaired) electrons. The molecule has 9 heteroatoms. The van der Waals surface area contributed by atoms with Crippen molar-refractivity contribution >= 4 is 43.2 Å². The average molecular weight is 370 g/mol.